The molecule has 0 radical (unpaired) electrons. The number of hydrogen-bond acceptors (Lipinski definition) is 3. The van der Waals surface area contributed by atoms with Crippen molar-refractivity contribution in [3.8, 4) is 0 Å². The van der Waals surface area contributed by atoms with Crippen LogP contribution in [0.25, 0.3) is 0 Å². The number of amides is 1. The number of carbonyl (C=O) groups is 1. The van der Waals surface area contributed by atoms with Crippen LogP contribution in [0.2, 0.25) is 0 Å². The van der Waals surface area contributed by atoms with Gasteiger partial charge in [-0.15, -0.1) is 0 Å². The molecule has 1 amide bonds. The molecule has 3 nitrogen and oxygen atoms in total. The van der Waals surface area contributed by atoms with Gasteiger partial charge < -0.3 is 10.6 Å². The molecule has 0 spiro atoms. The van der Waals surface area contributed by atoms with Crippen molar-refractivity contribution in [1.29, 1.82) is 0 Å². The van der Waals surface area contributed by atoms with E-state index in [1.807, 2.05) is 0 Å². The van der Waals surface area contributed by atoms with Crippen LogP contribution in [0, 0.1) is 11.6 Å². The molecule has 1 unspecified atom stereocenters. The first-order valence-electron chi connectivity index (χ1n) is 6.19. The Hall–Kier alpha value is -1.14. The third-order valence-corrected chi connectivity index (χ3v) is 3.94. The molecule has 1 heterocycles. The Kier molecular flexibility index (Phi) is 5.15. The van der Waals surface area contributed by atoms with Gasteiger partial charge in [-0.1, -0.05) is 0 Å². The van der Waals surface area contributed by atoms with Crippen molar-refractivity contribution in [2.75, 3.05) is 24.6 Å². The second-order valence-corrected chi connectivity index (χ2v) is 5.55. The number of hydrogen-bond donors (Lipinski definition) is 2. The van der Waals surface area contributed by atoms with Crippen LogP contribution in [0.5, 0.6) is 0 Å². The van der Waals surface area contributed by atoms with Crippen molar-refractivity contribution in [3.63, 3.8) is 0 Å². The maximum absolute atomic E-state index is 13.0. The van der Waals surface area contributed by atoms with Crippen LogP contribution in [0.1, 0.15) is 5.56 Å². The Bertz CT molecular complexity index is 430. The highest BCUT2D eigenvalue weighted by Gasteiger charge is 2.20. The Morgan fingerprint density at radius 1 is 1.37 bits per heavy atom. The predicted molar refractivity (Wildman–Crippen MR) is 72.2 cm³/mol. The summed E-state index contributed by atoms with van der Waals surface area (Å²) in [7, 11) is 0. The van der Waals surface area contributed by atoms with E-state index in [1.54, 1.807) is 11.8 Å². The molecule has 2 rings (SSSR count). The zero-order chi connectivity index (χ0) is 13.7. The normalized spacial score (nSPS) is 19.2. The average Bonchev–Trinajstić information content (AvgIpc) is 2.38. The fourth-order valence-electron chi connectivity index (χ4n) is 1.94. The molecule has 0 aliphatic carbocycles. The molecule has 1 aromatic rings. The van der Waals surface area contributed by atoms with Gasteiger partial charge in [-0.25, -0.2) is 8.78 Å². The first kappa shape index (κ1) is 14.3. The minimum atomic E-state index is -0.591. The second kappa shape index (κ2) is 6.86. The minimum Gasteiger partial charge on any atom is -0.354 e. The Morgan fingerprint density at radius 3 is 2.74 bits per heavy atom. The molecule has 6 heteroatoms. The monoisotopic (exact) mass is 286 g/mol. The first-order valence-corrected chi connectivity index (χ1v) is 7.34. The molecule has 1 fully saturated rings. The summed E-state index contributed by atoms with van der Waals surface area (Å²) in [5.74, 6) is 0.551. The number of rotatable bonds is 4. The second-order valence-electron chi connectivity index (χ2n) is 4.40. The van der Waals surface area contributed by atoms with Gasteiger partial charge in [0, 0.05) is 30.7 Å². The van der Waals surface area contributed by atoms with E-state index in [2.05, 4.69) is 10.6 Å². The van der Waals surface area contributed by atoms with E-state index in [0.717, 1.165) is 24.1 Å². The maximum atomic E-state index is 13.0. The molecular formula is C13H16F2N2OS. The average molecular weight is 286 g/mol. The highest BCUT2D eigenvalue weighted by molar-refractivity contribution is 7.99. The van der Waals surface area contributed by atoms with Gasteiger partial charge in [-0.3, -0.25) is 4.79 Å². The highest BCUT2D eigenvalue weighted by Crippen LogP contribution is 2.09. The maximum Gasteiger partial charge on any atom is 0.238 e. The van der Waals surface area contributed by atoms with Crippen LogP contribution in [0.4, 0.5) is 8.78 Å². The Balaban J connectivity index is 1.77. The minimum absolute atomic E-state index is 0.0518. The molecule has 1 aliphatic heterocycles. The van der Waals surface area contributed by atoms with Crippen LogP contribution < -0.4 is 10.6 Å². The van der Waals surface area contributed by atoms with Gasteiger partial charge in [0.15, 0.2) is 0 Å². The summed E-state index contributed by atoms with van der Waals surface area (Å²) in [5, 5.41) is 5.91. The van der Waals surface area contributed by atoms with Gasteiger partial charge in [0.2, 0.25) is 5.91 Å². The SMILES string of the molecule is O=C(NCCc1cc(F)cc(F)c1)C1CSCCN1. The summed E-state index contributed by atoms with van der Waals surface area (Å²) in [6, 6.07) is 3.24. The van der Waals surface area contributed by atoms with Gasteiger partial charge in [-0.05, 0) is 24.1 Å². The summed E-state index contributed by atoms with van der Waals surface area (Å²) in [5.41, 5.74) is 0.545. The summed E-state index contributed by atoms with van der Waals surface area (Å²) in [6.07, 6.45) is 0.417. The third kappa shape index (κ3) is 4.47. The fourth-order valence-corrected chi connectivity index (χ4v) is 2.88. The molecule has 0 bridgehead atoms. The lowest BCUT2D eigenvalue weighted by molar-refractivity contribution is -0.122. The number of benzene rings is 1. The molecule has 19 heavy (non-hydrogen) atoms. The number of halogens is 2. The smallest absolute Gasteiger partial charge is 0.238 e. The topological polar surface area (TPSA) is 41.1 Å². The fraction of sp³-hybridized carbons (Fsp3) is 0.462. The molecule has 1 aromatic carbocycles. The van der Waals surface area contributed by atoms with Crippen LogP contribution in [0.15, 0.2) is 18.2 Å². The summed E-state index contributed by atoms with van der Waals surface area (Å²) < 4.78 is 25.9. The van der Waals surface area contributed by atoms with E-state index >= 15 is 0 Å². The van der Waals surface area contributed by atoms with Crippen molar-refractivity contribution in [2.24, 2.45) is 0 Å². The van der Waals surface area contributed by atoms with Crippen molar-refractivity contribution in [3.05, 3.63) is 35.4 Å². The number of nitrogens with one attached hydrogen (secondary N) is 2. The van der Waals surface area contributed by atoms with Gasteiger partial charge in [0.1, 0.15) is 11.6 Å². The van der Waals surface area contributed by atoms with Gasteiger partial charge in [-0.2, -0.15) is 11.8 Å². The van der Waals surface area contributed by atoms with Gasteiger partial charge in [0.05, 0.1) is 6.04 Å². The molecule has 2 N–H and O–H groups in total. The molecule has 1 atom stereocenters. The zero-order valence-electron chi connectivity index (χ0n) is 10.4. The predicted octanol–water partition coefficient (Wildman–Crippen LogP) is 1.33. The largest absolute Gasteiger partial charge is 0.354 e. The van der Waals surface area contributed by atoms with E-state index in [9.17, 15) is 13.6 Å². The summed E-state index contributed by atoms with van der Waals surface area (Å²) >= 11 is 1.74. The van der Waals surface area contributed by atoms with Gasteiger partial charge in [0.25, 0.3) is 0 Å². The van der Waals surface area contributed by atoms with E-state index < -0.39 is 11.6 Å². The third-order valence-electron chi connectivity index (χ3n) is 2.87. The van der Waals surface area contributed by atoms with Gasteiger partial charge >= 0.3 is 0 Å². The van der Waals surface area contributed by atoms with Crippen molar-refractivity contribution in [1.82, 2.24) is 10.6 Å². The summed E-state index contributed by atoms with van der Waals surface area (Å²) in [6.45, 7) is 1.21. The first-order chi connectivity index (χ1) is 9.15. The van der Waals surface area contributed by atoms with E-state index in [0.29, 0.717) is 18.5 Å². The van der Waals surface area contributed by atoms with Crippen LogP contribution >= 0.6 is 11.8 Å². The molecular weight excluding hydrogens is 270 g/mol. The molecule has 1 saturated heterocycles. The van der Waals surface area contributed by atoms with Crippen LogP contribution in [0.3, 0.4) is 0 Å². The van der Waals surface area contributed by atoms with E-state index in [1.165, 1.54) is 12.1 Å². The summed E-state index contributed by atoms with van der Waals surface area (Å²) in [4.78, 5) is 11.8. The Labute approximate surface area is 115 Å². The quantitative estimate of drug-likeness (QED) is 0.877. The van der Waals surface area contributed by atoms with Crippen molar-refractivity contribution in [2.45, 2.75) is 12.5 Å². The molecule has 0 aromatic heterocycles. The number of carbonyl (C=O) groups excluding carboxylic acids is 1. The standard InChI is InChI=1S/C13H16F2N2OS/c14-10-5-9(6-11(15)7-10)1-2-17-13(18)12-8-19-4-3-16-12/h5-7,12,16H,1-4,8H2,(H,17,18). The highest BCUT2D eigenvalue weighted by atomic mass is 32.2. The lowest BCUT2D eigenvalue weighted by Gasteiger charge is -2.22. The molecule has 104 valence electrons. The number of thioether (sulfide) groups is 1. The lowest BCUT2D eigenvalue weighted by Crippen LogP contribution is -2.49. The Morgan fingerprint density at radius 2 is 2.11 bits per heavy atom. The molecule has 0 saturated carbocycles. The van der Waals surface area contributed by atoms with Crippen LogP contribution in [-0.2, 0) is 11.2 Å². The van der Waals surface area contributed by atoms with E-state index in [-0.39, 0.29) is 11.9 Å². The lowest BCUT2D eigenvalue weighted by atomic mass is 10.1. The van der Waals surface area contributed by atoms with Crippen LogP contribution in [-0.4, -0.2) is 36.5 Å². The molecule has 1 aliphatic rings. The van der Waals surface area contributed by atoms with Crippen molar-refractivity contribution < 1.29 is 13.6 Å². The zero-order valence-corrected chi connectivity index (χ0v) is 11.2. The van der Waals surface area contributed by atoms with E-state index in [4.69, 9.17) is 0 Å². The van der Waals surface area contributed by atoms with Crippen molar-refractivity contribution >= 4 is 17.7 Å².